The lowest BCUT2D eigenvalue weighted by atomic mass is 10.3. The predicted molar refractivity (Wildman–Crippen MR) is 92.9 cm³/mol. The van der Waals surface area contributed by atoms with Crippen LogP contribution in [0, 0.1) is 20.8 Å². The van der Waals surface area contributed by atoms with Crippen LogP contribution in [0.2, 0.25) is 0 Å². The van der Waals surface area contributed by atoms with Crippen LogP contribution in [0.25, 0.3) is 5.65 Å². The maximum atomic E-state index is 5.41. The molecule has 1 fully saturated rings. The third-order valence-corrected chi connectivity index (χ3v) is 3.50. The summed E-state index contributed by atoms with van der Waals surface area (Å²) in [6.45, 7) is 17.5. The van der Waals surface area contributed by atoms with E-state index in [0.29, 0.717) is 0 Å². The molecule has 0 atom stereocenters. The van der Waals surface area contributed by atoms with Gasteiger partial charge in [0.25, 0.3) is 0 Å². The number of anilines is 1. The van der Waals surface area contributed by atoms with E-state index in [1.54, 1.807) is 0 Å². The third kappa shape index (κ3) is 3.77. The fourth-order valence-corrected chi connectivity index (χ4v) is 2.37. The van der Waals surface area contributed by atoms with E-state index in [4.69, 9.17) is 4.74 Å². The Hall–Kier alpha value is -1.62. The van der Waals surface area contributed by atoms with Gasteiger partial charge in [-0.05, 0) is 26.8 Å². The quantitative estimate of drug-likeness (QED) is 0.808. The van der Waals surface area contributed by atoms with Crippen LogP contribution >= 0.6 is 0 Å². The van der Waals surface area contributed by atoms with Crippen molar-refractivity contribution in [3.63, 3.8) is 0 Å². The van der Waals surface area contributed by atoms with Crippen molar-refractivity contribution in [1.29, 1.82) is 0 Å². The van der Waals surface area contributed by atoms with E-state index < -0.39 is 0 Å². The first-order chi connectivity index (χ1) is 10.7. The molecule has 0 spiro atoms. The van der Waals surface area contributed by atoms with Gasteiger partial charge >= 0.3 is 0 Å². The Morgan fingerprint density at radius 2 is 1.59 bits per heavy atom. The summed E-state index contributed by atoms with van der Waals surface area (Å²) in [5.41, 5.74) is 5.30. The lowest BCUT2D eigenvalue weighted by Crippen LogP contribution is -2.36. The molecule has 1 aliphatic rings. The van der Waals surface area contributed by atoms with Gasteiger partial charge in [0.1, 0.15) is 0 Å². The summed E-state index contributed by atoms with van der Waals surface area (Å²) in [6, 6.07) is 2.12. The van der Waals surface area contributed by atoms with Gasteiger partial charge in [0.15, 0.2) is 5.65 Å². The zero-order valence-electron chi connectivity index (χ0n) is 15.1. The fourth-order valence-electron chi connectivity index (χ4n) is 2.37. The maximum absolute atomic E-state index is 5.41. The second-order valence-corrected chi connectivity index (χ2v) is 4.79. The van der Waals surface area contributed by atoms with Crippen molar-refractivity contribution in [1.82, 2.24) is 14.6 Å². The summed E-state index contributed by atoms with van der Waals surface area (Å²) in [5, 5.41) is 4.55. The number of hydrogen-bond acceptors (Lipinski definition) is 4. The van der Waals surface area contributed by atoms with Crippen LogP contribution < -0.4 is 4.90 Å². The number of rotatable bonds is 1. The van der Waals surface area contributed by atoms with Crippen LogP contribution in [-0.4, -0.2) is 40.9 Å². The molecule has 0 bridgehead atoms. The van der Waals surface area contributed by atoms with E-state index in [0.717, 1.165) is 49.0 Å². The van der Waals surface area contributed by atoms with Crippen molar-refractivity contribution >= 4 is 11.3 Å². The van der Waals surface area contributed by atoms with Crippen molar-refractivity contribution in [3.05, 3.63) is 23.1 Å². The molecule has 0 aromatic carbocycles. The largest absolute Gasteiger partial charge is 0.378 e. The standard InChI is InChI=1S/C13H18N4O.2C2H6/c1-9-8-12(16-4-6-18-7-5-16)13-14-10(2)11(3)17(13)15-9;2*1-2/h8H,4-7H2,1-3H3;2*1-2H3. The molecule has 3 heterocycles. The van der Waals surface area contributed by atoms with Crippen molar-refractivity contribution in [2.75, 3.05) is 31.2 Å². The summed E-state index contributed by atoms with van der Waals surface area (Å²) < 4.78 is 7.36. The minimum Gasteiger partial charge on any atom is -0.378 e. The Morgan fingerprint density at radius 3 is 2.18 bits per heavy atom. The molecule has 0 saturated carbocycles. The molecule has 5 heteroatoms. The summed E-state index contributed by atoms with van der Waals surface area (Å²) in [7, 11) is 0. The van der Waals surface area contributed by atoms with Crippen LogP contribution in [0.3, 0.4) is 0 Å². The molecular weight excluding hydrogens is 276 g/mol. The van der Waals surface area contributed by atoms with Gasteiger partial charge in [0.2, 0.25) is 0 Å². The van der Waals surface area contributed by atoms with Gasteiger partial charge < -0.3 is 9.64 Å². The van der Waals surface area contributed by atoms with Crippen LogP contribution in [0.15, 0.2) is 6.07 Å². The lowest BCUT2D eigenvalue weighted by Gasteiger charge is -2.29. The van der Waals surface area contributed by atoms with Crippen molar-refractivity contribution in [3.8, 4) is 0 Å². The molecule has 1 saturated heterocycles. The third-order valence-electron chi connectivity index (χ3n) is 3.50. The maximum Gasteiger partial charge on any atom is 0.177 e. The predicted octanol–water partition coefficient (Wildman–Crippen LogP) is 3.54. The molecule has 124 valence electrons. The average molecular weight is 306 g/mol. The molecule has 0 N–H and O–H groups in total. The minimum atomic E-state index is 0.784. The van der Waals surface area contributed by atoms with Crippen LogP contribution in [0.1, 0.15) is 44.8 Å². The van der Waals surface area contributed by atoms with Crippen LogP contribution in [0.5, 0.6) is 0 Å². The zero-order valence-corrected chi connectivity index (χ0v) is 15.1. The molecule has 0 aliphatic carbocycles. The average Bonchev–Trinajstić information content (AvgIpc) is 2.87. The second kappa shape index (κ2) is 8.73. The summed E-state index contributed by atoms with van der Waals surface area (Å²) in [4.78, 5) is 6.98. The van der Waals surface area contributed by atoms with Gasteiger partial charge in [-0.3, -0.25) is 0 Å². The zero-order chi connectivity index (χ0) is 16.7. The highest BCUT2D eigenvalue weighted by Gasteiger charge is 2.18. The first-order valence-corrected chi connectivity index (χ1v) is 8.33. The summed E-state index contributed by atoms with van der Waals surface area (Å²) in [5.74, 6) is 0. The summed E-state index contributed by atoms with van der Waals surface area (Å²) in [6.07, 6.45) is 0. The molecule has 22 heavy (non-hydrogen) atoms. The van der Waals surface area contributed by atoms with Gasteiger partial charge in [-0.15, -0.1) is 0 Å². The van der Waals surface area contributed by atoms with Crippen molar-refractivity contribution in [2.24, 2.45) is 0 Å². The molecule has 0 amide bonds. The van der Waals surface area contributed by atoms with Crippen molar-refractivity contribution < 1.29 is 4.74 Å². The van der Waals surface area contributed by atoms with E-state index in [2.05, 4.69) is 28.0 Å². The van der Waals surface area contributed by atoms with Crippen LogP contribution in [-0.2, 0) is 4.74 Å². The van der Waals surface area contributed by atoms with E-state index >= 15 is 0 Å². The number of aromatic nitrogens is 3. The highest BCUT2D eigenvalue weighted by atomic mass is 16.5. The van der Waals surface area contributed by atoms with E-state index in [9.17, 15) is 0 Å². The summed E-state index contributed by atoms with van der Waals surface area (Å²) >= 11 is 0. The topological polar surface area (TPSA) is 42.7 Å². The Bertz CT molecular complexity index is 586. The van der Waals surface area contributed by atoms with Crippen molar-refractivity contribution in [2.45, 2.75) is 48.5 Å². The molecule has 0 unspecified atom stereocenters. The first-order valence-electron chi connectivity index (χ1n) is 8.33. The normalized spacial score (nSPS) is 14.0. The SMILES string of the molecule is CC.CC.Cc1cc(N2CCOCC2)c2nc(C)c(C)n2n1. The smallest absolute Gasteiger partial charge is 0.177 e. The van der Waals surface area contributed by atoms with Gasteiger partial charge in [0.05, 0.1) is 36.0 Å². The number of fused-ring (bicyclic) bond motifs is 1. The second-order valence-electron chi connectivity index (χ2n) is 4.79. The Kier molecular flexibility index (Phi) is 7.32. The Balaban J connectivity index is 0.000000561. The minimum absolute atomic E-state index is 0.784. The number of ether oxygens (including phenoxy) is 1. The molecule has 1 aliphatic heterocycles. The van der Waals surface area contributed by atoms with E-state index in [1.165, 1.54) is 5.69 Å². The molecule has 0 radical (unpaired) electrons. The molecule has 2 aromatic rings. The molecule has 5 nitrogen and oxygen atoms in total. The van der Waals surface area contributed by atoms with E-state index in [1.807, 2.05) is 46.1 Å². The van der Waals surface area contributed by atoms with E-state index in [-0.39, 0.29) is 0 Å². The number of hydrogen-bond donors (Lipinski definition) is 0. The molecule has 2 aromatic heterocycles. The Labute approximate surface area is 134 Å². The Morgan fingerprint density at radius 1 is 1.00 bits per heavy atom. The number of aryl methyl sites for hydroxylation is 3. The highest BCUT2D eigenvalue weighted by Crippen LogP contribution is 2.24. The molecular formula is C17H30N4O. The lowest BCUT2D eigenvalue weighted by molar-refractivity contribution is 0.123. The van der Waals surface area contributed by atoms with Gasteiger partial charge in [0, 0.05) is 13.1 Å². The first kappa shape index (κ1) is 18.4. The highest BCUT2D eigenvalue weighted by molar-refractivity contribution is 5.70. The van der Waals surface area contributed by atoms with Gasteiger partial charge in [-0.25, -0.2) is 9.50 Å². The fraction of sp³-hybridized carbons (Fsp3) is 0.647. The monoisotopic (exact) mass is 306 g/mol. The molecule has 3 rings (SSSR count). The number of morpholine rings is 1. The van der Waals surface area contributed by atoms with Gasteiger partial charge in [-0.1, -0.05) is 27.7 Å². The van der Waals surface area contributed by atoms with Gasteiger partial charge in [-0.2, -0.15) is 5.10 Å². The van der Waals surface area contributed by atoms with Crippen LogP contribution in [0.4, 0.5) is 5.69 Å². The number of imidazole rings is 1. The number of nitrogens with zero attached hydrogens (tertiary/aromatic N) is 4.